The highest BCUT2D eigenvalue weighted by atomic mass is 19.2. The second-order valence-electron chi connectivity index (χ2n) is 7.76. The zero-order valence-corrected chi connectivity index (χ0v) is 20.3. The van der Waals surface area contributed by atoms with E-state index in [-0.39, 0.29) is 48.9 Å². The summed E-state index contributed by atoms with van der Waals surface area (Å²) in [5, 5.41) is 0. The number of ether oxygens (including phenoxy) is 4. The third kappa shape index (κ3) is 7.86. The van der Waals surface area contributed by atoms with Crippen LogP contribution in [-0.4, -0.2) is 31.1 Å². The fourth-order valence-corrected chi connectivity index (χ4v) is 3.19. The van der Waals surface area contributed by atoms with E-state index in [9.17, 15) is 23.2 Å². The number of halogens is 2. The van der Waals surface area contributed by atoms with Gasteiger partial charge >= 0.3 is 11.9 Å². The van der Waals surface area contributed by atoms with E-state index in [1.165, 1.54) is 36.4 Å². The molecule has 0 atom stereocenters. The zero-order valence-electron chi connectivity index (χ0n) is 20.3. The fourth-order valence-electron chi connectivity index (χ4n) is 3.19. The van der Waals surface area contributed by atoms with Gasteiger partial charge in [0.25, 0.3) is 0 Å². The molecule has 0 aliphatic rings. The van der Waals surface area contributed by atoms with Crippen molar-refractivity contribution < 1.29 is 42.1 Å². The average Bonchev–Trinajstić information content (AvgIpc) is 2.93. The number of carbonyl (C=O) groups excluding carboxylic acids is 3. The van der Waals surface area contributed by atoms with Crippen molar-refractivity contribution in [1.82, 2.24) is 0 Å². The van der Waals surface area contributed by atoms with Crippen LogP contribution in [0.15, 0.2) is 86.0 Å². The topological polar surface area (TPSA) is 88.1 Å². The van der Waals surface area contributed by atoms with Crippen molar-refractivity contribution in [3.8, 4) is 28.4 Å². The Morgan fingerprint density at radius 1 is 0.763 bits per heavy atom. The van der Waals surface area contributed by atoms with Crippen LogP contribution in [0.3, 0.4) is 0 Å². The lowest BCUT2D eigenvalue weighted by Gasteiger charge is -2.10. The Labute approximate surface area is 217 Å². The first-order valence-electron chi connectivity index (χ1n) is 11.4. The first kappa shape index (κ1) is 27.8. The van der Waals surface area contributed by atoms with Crippen LogP contribution in [0.5, 0.6) is 17.2 Å². The van der Waals surface area contributed by atoms with Crippen molar-refractivity contribution in [2.45, 2.75) is 12.8 Å². The Balaban J connectivity index is 1.54. The van der Waals surface area contributed by atoms with Crippen molar-refractivity contribution in [3.05, 3.63) is 103 Å². The average molecular weight is 523 g/mol. The van der Waals surface area contributed by atoms with Gasteiger partial charge in [-0.2, -0.15) is 0 Å². The van der Waals surface area contributed by atoms with Gasteiger partial charge in [0.05, 0.1) is 6.42 Å². The van der Waals surface area contributed by atoms with Crippen LogP contribution in [0.1, 0.15) is 12.0 Å². The van der Waals surface area contributed by atoms with Gasteiger partial charge in [-0.1, -0.05) is 37.4 Å². The van der Waals surface area contributed by atoms with Crippen LogP contribution in [0, 0.1) is 11.6 Å². The molecule has 38 heavy (non-hydrogen) atoms. The molecule has 0 aromatic heterocycles. The lowest BCUT2D eigenvalue weighted by molar-refractivity contribution is -0.144. The van der Waals surface area contributed by atoms with Gasteiger partial charge in [-0.25, -0.2) is 13.6 Å². The van der Waals surface area contributed by atoms with E-state index in [1.807, 2.05) is 0 Å². The fraction of sp³-hybridized carbons (Fsp3) is 0.138. The van der Waals surface area contributed by atoms with Crippen molar-refractivity contribution >= 4 is 17.7 Å². The number of aryl methyl sites for hydroxylation is 1. The van der Waals surface area contributed by atoms with Gasteiger partial charge in [0, 0.05) is 11.6 Å². The molecule has 9 heteroatoms. The van der Waals surface area contributed by atoms with E-state index in [2.05, 4.69) is 13.2 Å². The summed E-state index contributed by atoms with van der Waals surface area (Å²) in [5.74, 6) is -2.62. The Morgan fingerprint density at radius 2 is 1.39 bits per heavy atom. The summed E-state index contributed by atoms with van der Waals surface area (Å²) in [6, 6.07) is 15.0. The van der Waals surface area contributed by atoms with Crippen molar-refractivity contribution in [2.75, 3.05) is 13.4 Å². The molecular weight excluding hydrogens is 498 g/mol. The molecule has 7 nitrogen and oxygen atoms in total. The maximum absolute atomic E-state index is 14.8. The summed E-state index contributed by atoms with van der Waals surface area (Å²) in [4.78, 5) is 34.5. The Kier molecular flexibility index (Phi) is 9.87. The second kappa shape index (κ2) is 13.5. The molecule has 0 bridgehead atoms. The van der Waals surface area contributed by atoms with Crippen molar-refractivity contribution in [2.24, 2.45) is 0 Å². The quantitative estimate of drug-likeness (QED) is 0.129. The molecule has 3 aromatic rings. The maximum atomic E-state index is 14.8. The van der Waals surface area contributed by atoms with Crippen LogP contribution in [0.2, 0.25) is 0 Å². The molecule has 0 N–H and O–H groups in total. The van der Waals surface area contributed by atoms with Gasteiger partial charge in [-0.05, 0) is 60.0 Å². The third-order valence-electron chi connectivity index (χ3n) is 5.18. The summed E-state index contributed by atoms with van der Waals surface area (Å²) >= 11 is 0. The molecule has 0 saturated carbocycles. The minimum Gasteiger partial charge on any atom is -0.485 e. The number of hydrogen-bond acceptors (Lipinski definition) is 7. The molecular formula is C29H24F2O7. The van der Waals surface area contributed by atoms with Crippen molar-refractivity contribution in [3.63, 3.8) is 0 Å². The molecule has 0 heterocycles. The smallest absolute Gasteiger partial charge is 0.333 e. The largest absolute Gasteiger partial charge is 0.485 e. The highest BCUT2D eigenvalue weighted by Gasteiger charge is 2.16. The molecule has 0 saturated heterocycles. The summed E-state index contributed by atoms with van der Waals surface area (Å²) in [6.45, 7) is 6.16. The normalized spacial score (nSPS) is 10.3. The van der Waals surface area contributed by atoms with E-state index in [0.29, 0.717) is 17.1 Å². The molecule has 0 aliphatic heterocycles. The number of benzene rings is 3. The minimum absolute atomic E-state index is 0.0314. The number of hydrogen-bond donors (Lipinski definition) is 0. The lowest BCUT2D eigenvalue weighted by Crippen LogP contribution is -2.10. The molecule has 196 valence electrons. The van der Waals surface area contributed by atoms with Crippen LogP contribution in [-0.2, 0) is 25.5 Å². The predicted octanol–water partition coefficient (Wildman–Crippen LogP) is 5.37. The number of carbonyl (C=O) groups is 3. The van der Waals surface area contributed by atoms with Crippen LogP contribution in [0.4, 0.5) is 8.78 Å². The standard InChI is InChI=1S/C29H24F2O7/c1-3-21(32)17-35-22-9-5-19(6-10-22)25-15-7-20(28(30)29(25)31)8-16-27(34)38-24-13-11-23(12-14-24)36-18-37-26(33)4-2/h3-7,9-15H,1-2,8,16-18H2. The number of ketones is 1. The predicted molar refractivity (Wildman–Crippen MR) is 135 cm³/mol. The maximum Gasteiger partial charge on any atom is 0.333 e. The van der Waals surface area contributed by atoms with Gasteiger partial charge in [-0.3, -0.25) is 9.59 Å². The van der Waals surface area contributed by atoms with Crippen LogP contribution < -0.4 is 14.2 Å². The lowest BCUT2D eigenvalue weighted by atomic mass is 10.0. The molecule has 0 amide bonds. The first-order chi connectivity index (χ1) is 18.3. The highest BCUT2D eigenvalue weighted by molar-refractivity contribution is 5.90. The third-order valence-corrected chi connectivity index (χ3v) is 5.18. The van der Waals surface area contributed by atoms with E-state index in [0.717, 1.165) is 12.2 Å². The van der Waals surface area contributed by atoms with Crippen LogP contribution >= 0.6 is 0 Å². The van der Waals surface area contributed by atoms with Gasteiger partial charge in [0.15, 0.2) is 24.0 Å². The Hall–Kier alpha value is -4.79. The SMILES string of the molecule is C=CC(=O)COc1ccc(-c2ccc(CCC(=O)Oc3ccc(OCOC(=O)C=C)cc3)c(F)c2F)cc1. The molecule has 0 spiro atoms. The number of rotatable bonds is 13. The van der Waals surface area contributed by atoms with E-state index >= 15 is 0 Å². The summed E-state index contributed by atoms with van der Waals surface area (Å²) in [6.07, 6.45) is 1.91. The van der Waals surface area contributed by atoms with Gasteiger partial charge < -0.3 is 18.9 Å². The van der Waals surface area contributed by atoms with Crippen LogP contribution in [0.25, 0.3) is 11.1 Å². The second-order valence-corrected chi connectivity index (χ2v) is 7.76. The molecule has 3 aromatic carbocycles. The monoisotopic (exact) mass is 522 g/mol. The van der Waals surface area contributed by atoms with Crippen molar-refractivity contribution in [1.29, 1.82) is 0 Å². The summed E-state index contributed by atoms with van der Waals surface area (Å²) in [5.41, 5.74) is 0.495. The van der Waals surface area contributed by atoms with E-state index < -0.39 is 23.6 Å². The summed E-state index contributed by atoms with van der Waals surface area (Å²) in [7, 11) is 0. The van der Waals surface area contributed by atoms with E-state index in [1.54, 1.807) is 24.3 Å². The molecule has 0 unspecified atom stereocenters. The Bertz CT molecular complexity index is 1320. The van der Waals surface area contributed by atoms with Gasteiger partial charge in [-0.15, -0.1) is 0 Å². The first-order valence-corrected chi connectivity index (χ1v) is 11.4. The minimum atomic E-state index is -1.05. The summed E-state index contributed by atoms with van der Waals surface area (Å²) < 4.78 is 49.9. The molecule has 3 rings (SSSR count). The Morgan fingerprint density at radius 3 is 2.05 bits per heavy atom. The highest BCUT2D eigenvalue weighted by Crippen LogP contribution is 2.28. The van der Waals surface area contributed by atoms with E-state index in [4.69, 9.17) is 18.9 Å². The van der Waals surface area contributed by atoms with Gasteiger partial charge in [0.2, 0.25) is 6.79 Å². The number of esters is 2. The zero-order chi connectivity index (χ0) is 27.5. The molecule has 0 aliphatic carbocycles. The molecule has 0 radical (unpaired) electrons. The molecule has 0 fully saturated rings. The van der Waals surface area contributed by atoms with Gasteiger partial charge in [0.1, 0.15) is 17.2 Å².